The van der Waals surface area contributed by atoms with Gasteiger partial charge in [-0.25, -0.2) is 18.8 Å². The molecule has 3 aromatic carbocycles. The molecule has 11 nitrogen and oxygen atoms in total. The van der Waals surface area contributed by atoms with Crippen LogP contribution in [0, 0.1) is 5.82 Å². The minimum Gasteiger partial charge on any atom is -0.480 e. The fraction of sp³-hybridized carbons (Fsp3) is 0.410. The summed E-state index contributed by atoms with van der Waals surface area (Å²) >= 11 is 0. The highest BCUT2D eigenvalue weighted by Crippen LogP contribution is 2.44. The van der Waals surface area contributed by atoms with E-state index in [0.717, 1.165) is 54.4 Å². The van der Waals surface area contributed by atoms with E-state index in [1.54, 1.807) is 21.9 Å². The Morgan fingerprint density at radius 1 is 0.961 bits per heavy atom. The van der Waals surface area contributed by atoms with Gasteiger partial charge in [-0.1, -0.05) is 73.9 Å². The van der Waals surface area contributed by atoms with Crippen molar-refractivity contribution in [3.05, 3.63) is 89.7 Å². The number of carbonyl (C=O) groups excluding carboxylic acids is 3. The van der Waals surface area contributed by atoms with Gasteiger partial charge in [0.15, 0.2) is 0 Å². The van der Waals surface area contributed by atoms with Crippen LogP contribution in [0.1, 0.15) is 74.8 Å². The first-order valence-corrected chi connectivity index (χ1v) is 17.8. The van der Waals surface area contributed by atoms with Gasteiger partial charge in [-0.05, 0) is 72.6 Å². The number of likely N-dealkylation sites (tertiary alicyclic amines) is 1. The molecule has 2 heterocycles. The van der Waals surface area contributed by atoms with Crippen molar-refractivity contribution >= 4 is 35.5 Å². The molecule has 1 spiro atoms. The number of halogens is 1. The number of hydrogen-bond donors (Lipinski definition) is 3. The molecule has 3 aromatic rings. The number of aliphatic imine (C=N–C) groups is 1. The molecule has 2 aliphatic carbocycles. The van der Waals surface area contributed by atoms with Crippen molar-refractivity contribution in [2.45, 2.75) is 81.3 Å². The zero-order valence-electron chi connectivity index (χ0n) is 28.4. The second-order valence-electron chi connectivity index (χ2n) is 13.8. The van der Waals surface area contributed by atoms with Crippen LogP contribution in [0.15, 0.2) is 77.8 Å². The van der Waals surface area contributed by atoms with Gasteiger partial charge in [0.1, 0.15) is 29.8 Å². The van der Waals surface area contributed by atoms with Gasteiger partial charge in [-0.2, -0.15) is 0 Å². The maximum absolute atomic E-state index is 14.3. The van der Waals surface area contributed by atoms with Crippen molar-refractivity contribution in [1.82, 2.24) is 15.5 Å². The highest BCUT2D eigenvalue weighted by Gasteiger charge is 2.53. The Kier molecular flexibility index (Phi) is 9.75. The van der Waals surface area contributed by atoms with Crippen LogP contribution in [0.5, 0.6) is 0 Å². The third-order valence-electron chi connectivity index (χ3n) is 10.8. The number of amidine groups is 1. The number of carboxylic acids is 1. The van der Waals surface area contributed by atoms with Gasteiger partial charge in [-0.15, -0.1) is 0 Å². The monoisotopic (exact) mass is 695 g/mol. The van der Waals surface area contributed by atoms with E-state index in [4.69, 9.17) is 9.73 Å². The molecule has 3 fully saturated rings. The summed E-state index contributed by atoms with van der Waals surface area (Å²) in [6.07, 6.45) is 4.85. The minimum atomic E-state index is -1.32. The van der Waals surface area contributed by atoms with Crippen LogP contribution >= 0.6 is 0 Å². The lowest BCUT2D eigenvalue weighted by molar-refractivity contribution is -0.140. The summed E-state index contributed by atoms with van der Waals surface area (Å²) in [6, 6.07) is 20.2. The van der Waals surface area contributed by atoms with Crippen LogP contribution in [0.25, 0.3) is 11.1 Å². The number of urea groups is 1. The molecule has 51 heavy (non-hydrogen) atoms. The number of alkyl carbamates (subject to hydrolysis) is 1. The van der Waals surface area contributed by atoms with Crippen molar-refractivity contribution in [3.8, 4) is 11.1 Å². The molecule has 266 valence electrons. The Morgan fingerprint density at radius 2 is 1.63 bits per heavy atom. The van der Waals surface area contributed by atoms with E-state index in [1.165, 1.54) is 12.1 Å². The van der Waals surface area contributed by atoms with Crippen molar-refractivity contribution in [2.24, 2.45) is 4.99 Å². The molecular formula is C39H42FN5O6. The number of nitrogens with one attached hydrogen (secondary N) is 2. The predicted octanol–water partition coefficient (Wildman–Crippen LogP) is 6.22. The Morgan fingerprint density at radius 3 is 2.27 bits per heavy atom. The summed E-state index contributed by atoms with van der Waals surface area (Å²) in [7, 11) is 0. The number of hydrogen-bond acceptors (Lipinski definition) is 6. The molecule has 7 rings (SSSR count). The summed E-state index contributed by atoms with van der Waals surface area (Å²) in [4.78, 5) is 60.1. The molecule has 4 amide bonds. The Labute approximate surface area is 295 Å². The Bertz CT molecular complexity index is 1810. The lowest BCUT2D eigenvalue weighted by Gasteiger charge is -2.44. The first kappa shape index (κ1) is 34.2. The highest BCUT2D eigenvalue weighted by molar-refractivity contribution is 6.19. The first-order valence-electron chi connectivity index (χ1n) is 17.8. The fourth-order valence-electron chi connectivity index (χ4n) is 8.15. The van der Waals surface area contributed by atoms with Gasteiger partial charge < -0.3 is 20.1 Å². The number of piperidine rings is 1. The molecule has 0 bridgehead atoms. The Hall–Kier alpha value is -5.26. The molecule has 12 heteroatoms. The second kappa shape index (κ2) is 14.5. The van der Waals surface area contributed by atoms with Crippen molar-refractivity contribution in [2.75, 3.05) is 24.6 Å². The van der Waals surface area contributed by atoms with E-state index in [9.17, 15) is 28.7 Å². The zero-order chi connectivity index (χ0) is 35.5. The molecular weight excluding hydrogens is 653 g/mol. The molecule has 2 aliphatic heterocycles. The SMILES string of the molecule is O=C(N[C@@H](CCC(=O)N1CCC2(CC1)C(=NC1CCCCC1)NC(=O)N2c1cccc(F)c1)C(=O)O)OCC1c2ccccc2-c2ccccc21. The third-order valence-corrected chi connectivity index (χ3v) is 10.8. The number of fused-ring (bicyclic) bond motifs is 3. The van der Waals surface area contributed by atoms with Crippen LogP contribution < -0.4 is 15.5 Å². The summed E-state index contributed by atoms with van der Waals surface area (Å²) < 4.78 is 19.9. The molecule has 3 N–H and O–H groups in total. The average Bonchev–Trinajstić information content (AvgIpc) is 3.59. The Balaban J connectivity index is 0.974. The molecule has 0 radical (unpaired) electrons. The van der Waals surface area contributed by atoms with E-state index in [1.807, 2.05) is 48.5 Å². The lowest BCUT2D eigenvalue weighted by Crippen LogP contribution is -2.58. The number of amides is 4. The van der Waals surface area contributed by atoms with Crippen LogP contribution in [0.2, 0.25) is 0 Å². The van der Waals surface area contributed by atoms with Crippen LogP contribution in [0.4, 0.5) is 19.7 Å². The van der Waals surface area contributed by atoms with Crippen LogP contribution in [-0.2, 0) is 14.3 Å². The maximum Gasteiger partial charge on any atom is 0.407 e. The zero-order valence-corrected chi connectivity index (χ0v) is 28.4. The molecule has 2 saturated heterocycles. The number of benzene rings is 3. The maximum atomic E-state index is 14.3. The van der Waals surface area contributed by atoms with Crippen LogP contribution in [0.3, 0.4) is 0 Å². The van der Waals surface area contributed by atoms with E-state index in [-0.39, 0.29) is 43.3 Å². The van der Waals surface area contributed by atoms with Gasteiger partial charge in [-0.3, -0.25) is 20.0 Å². The molecule has 0 aromatic heterocycles. The van der Waals surface area contributed by atoms with Gasteiger partial charge in [0, 0.05) is 31.1 Å². The lowest BCUT2D eigenvalue weighted by atomic mass is 9.84. The molecule has 0 unspecified atom stereocenters. The molecule has 1 atom stereocenters. The number of ether oxygens (including phenoxy) is 1. The van der Waals surface area contributed by atoms with Gasteiger partial charge >= 0.3 is 18.1 Å². The number of carboxylic acid groups (broad SMARTS) is 1. The van der Waals surface area contributed by atoms with E-state index < -0.39 is 29.5 Å². The summed E-state index contributed by atoms with van der Waals surface area (Å²) in [5, 5.41) is 15.3. The predicted molar refractivity (Wildman–Crippen MR) is 189 cm³/mol. The van der Waals surface area contributed by atoms with Crippen molar-refractivity contribution in [1.29, 1.82) is 0 Å². The largest absolute Gasteiger partial charge is 0.480 e. The van der Waals surface area contributed by atoms with E-state index in [2.05, 4.69) is 10.6 Å². The number of anilines is 1. The van der Waals surface area contributed by atoms with Crippen molar-refractivity contribution in [3.63, 3.8) is 0 Å². The summed E-state index contributed by atoms with van der Waals surface area (Å²) in [5.41, 5.74) is 3.80. The van der Waals surface area contributed by atoms with Gasteiger partial charge in [0.2, 0.25) is 5.91 Å². The normalized spacial score (nSPS) is 19.8. The fourth-order valence-corrected chi connectivity index (χ4v) is 8.15. The molecule has 4 aliphatic rings. The summed E-state index contributed by atoms with van der Waals surface area (Å²) in [5.74, 6) is -1.59. The van der Waals surface area contributed by atoms with Crippen molar-refractivity contribution < 1.29 is 33.4 Å². The van der Waals surface area contributed by atoms with Gasteiger partial charge in [0.05, 0.1) is 6.04 Å². The first-order chi connectivity index (χ1) is 24.7. The second-order valence-corrected chi connectivity index (χ2v) is 13.8. The average molecular weight is 696 g/mol. The quantitative estimate of drug-likeness (QED) is 0.243. The van der Waals surface area contributed by atoms with Gasteiger partial charge in [0.25, 0.3) is 0 Å². The number of nitrogens with zero attached hydrogens (tertiary/aromatic N) is 3. The van der Waals surface area contributed by atoms with E-state index in [0.29, 0.717) is 37.5 Å². The minimum absolute atomic E-state index is 0.0384. The van der Waals surface area contributed by atoms with E-state index >= 15 is 0 Å². The number of rotatable bonds is 9. The molecule has 1 saturated carbocycles. The smallest absolute Gasteiger partial charge is 0.407 e. The summed E-state index contributed by atoms with van der Waals surface area (Å²) in [6.45, 7) is 0.623. The highest BCUT2D eigenvalue weighted by atomic mass is 19.1. The standard InChI is InChI=1S/C39H42FN5O6/c40-25-9-8-12-27(23-25)45-37(49)43-36(41-26-10-2-1-3-11-26)39(45)19-21-44(22-20-39)34(46)18-17-33(35(47)48)42-38(50)51-24-32-30-15-6-4-13-28(30)29-14-5-7-16-31(29)32/h4-9,12-16,23,26,32-33H,1-3,10-11,17-22,24H2,(H,42,50)(H,47,48)(H,41,43,49)/t33-/m0/s1. The number of carbonyl (C=O) groups is 4. The topological polar surface area (TPSA) is 141 Å². The van der Waals surface area contributed by atoms with Crippen LogP contribution in [-0.4, -0.2) is 77.2 Å². The number of aliphatic carboxylic acids is 1. The third kappa shape index (κ3) is 6.91.